The first-order valence-electron chi connectivity index (χ1n) is 8.70. The maximum absolute atomic E-state index is 11.1. The average Bonchev–Trinajstić information content (AvgIpc) is 2.82. The van der Waals surface area contributed by atoms with Crippen molar-refractivity contribution >= 4 is 0 Å². The van der Waals surface area contributed by atoms with E-state index in [1.807, 2.05) is 0 Å². The van der Waals surface area contributed by atoms with Gasteiger partial charge in [0.1, 0.15) is 0 Å². The molecule has 0 heterocycles. The van der Waals surface area contributed by atoms with Gasteiger partial charge < -0.3 is 10.8 Å². The van der Waals surface area contributed by atoms with Gasteiger partial charge in [-0.05, 0) is 49.1 Å². The molecule has 1 aromatic carbocycles. The summed E-state index contributed by atoms with van der Waals surface area (Å²) < 4.78 is 0. The molecule has 2 nitrogen and oxygen atoms in total. The minimum absolute atomic E-state index is 0.0939. The molecule has 0 radical (unpaired) electrons. The quantitative estimate of drug-likeness (QED) is 0.836. The number of rotatable bonds is 3. The van der Waals surface area contributed by atoms with E-state index >= 15 is 0 Å². The molecule has 1 aromatic rings. The van der Waals surface area contributed by atoms with Crippen LogP contribution in [0.5, 0.6) is 0 Å². The van der Waals surface area contributed by atoms with Crippen molar-refractivity contribution in [2.45, 2.75) is 63.9 Å². The number of hydrogen-bond donors (Lipinski definition) is 2. The fourth-order valence-corrected chi connectivity index (χ4v) is 4.50. The molecule has 2 aliphatic rings. The smallest absolute Gasteiger partial charge is 0.0639 e. The predicted molar refractivity (Wildman–Crippen MR) is 87.2 cm³/mol. The van der Waals surface area contributed by atoms with Gasteiger partial charge in [-0.3, -0.25) is 0 Å². The standard InChI is InChI=1S/C19H29NO/c20-14-19(18(21)16-8-3-1-2-4-9-16)12-11-15-7-5-6-10-17(15)13-19/h5-7,10,16,18,21H,1-4,8-9,11-14,20H2. The van der Waals surface area contributed by atoms with Gasteiger partial charge in [-0.2, -0.15) is 0 Å². The molecule has 2 unspecified atom stereocenters. The lowest BCUT2D eigenvalue weighted by Gasteiger charge is -2.44. The lowest BCUT2D eigenvalue weighted by atomic mass is 9.64. The van der Waals surface area contributed by atoms with Crippen LogP contribution in [0, 0.1) is 11.3 Å². The molecule has 0 saturated heterocycles. The van der Waals surface area contributed by atoms with Gasteiger partial charge in [-0.25, -0.2) is 0 Å². The zero-order valence-corrected chi connectivity index (χ0v) is 13.1. The third-order valence-corrected chi connectivity index (χ3v) is 5.93. The van der Waals surface area contributed by atoms with E-state index in [2.05, 4.69) is 24.3 Å². The highest BCUT2D eigenvalue weighted by Crippen LogP contribution is 2.42. The molecule has 1 saturated carbocycles. The second-order valence-electron chi connectivity index (χ2n) is 7.21. The maximum Gasteiger partial charge on any atom is 0.0639 e. The Morgan fingerprint density at radius 3 is 2.43 bits per heavy atom. The van der Waals surface area contributed by atoms with Gasteiger partial charge >= 0.3 is 0 Å². The number of aliphatic hydroxyl groups excluding tert-OH is 1. The average molecular weight is 287 g/mol. The zero-order chi connectivity index (χ0) is 14.7. The van der Waals surface area contributed by atoms with E-state index in [1.54, 1.807) is 0 Å². The second-order valence-corrected chi connectivity index (χ2v) is 7.21. The summed E-state index contributed by atoms with van der Waals surface area (Å²) in [6.07, 6.45) is 10.4. The highest BCUT2D eigenvalue weighted by Gasteiger charge is 2.42. The summed E-state index contributed by atoms with van der Waals surface area (Å²) in [6, 6.07) is 8.69. The predicted octanol–water partition coefficient (Wildman–Crippen LogP) is 3.45. The Labute approximate surface area is 128 Å². The Kier molecular flexibility index (Phi) is 4.66. The first-order valence-corrected chi connectivity index (χ1v) is 8.70. The van der Waals surface area contributed by atoms with E-state index in [1.165, 1.54) is 49.7 Å². The van der Waals surface area contributed by atoms with Crippen LogP contribution >= 0.6 is 0 Å². The van der Waals surface area contributed by atoms with Crippen molar-refractivity contribution < 1.29 is 5.11 Å². The fourth-order valence-electron chi connectivity index (χ4n) is 4.50. The van der Waals surface area contributed by atoms with Gasteiger partial charge in [0.25, 0.3) is 0 Å². The van der Waals surface area contributed by atoms with Crippen LogP contribution in [0.25, 0.3) is 0 Å². The molecule has 3 rings (SSSR count). The van der Waals surface area contributed by atoms with Crippen molar-refractivity contribution in [3.63, 3.8) is 0 Å². The topological polar surface area (TPSA) is 46.2 Å². The SMILES string of the molecule is NCC1(C(O)C2CCCCCC2)CCc2ccccc2C1. The number of aryl methyl sites for hydroxylation is 1. The summed E-state index contributed by atoms with van der Waals surface area (Å²) in [4.78, 5) is 0. The van der Waals surface area contributed by atoms with Crippen LogP contribution in [0.15, 0.2) is 24.3 Å². The monoisotopic (exact) mass is 287 g/mol. The molecule has 2 aliphatic carbocycles. The Bertz CT molecular complexity index is 464. The van der Waals surface area contributed by atoms with Crippen molar-refractivity contribution in [3.8, 4) is 0 Å². The molecule has 0 aliphatic heterocycles. The third-order valence-electron chi connectivity index (χ3n) is 5.93. The molecule has 2 heteroatoms. The van der Waals surface area contributed by atoms with Crippen LogP contribution in [0.4, 0.5) is 0 Å². The van der Waals surface area contributed by atoms with E-state index in [0.717, 1.165) is 19.3 Å². The van der Waals surface area contributed by atoms with Crippen LogP contribution < -0.4 is 5.73 Å². The highest BCUT2D eigenvalue weighted by atomic mass is 16.3. The van der Waals surface area contributed by atoms with Gasteiger partial charge in [-0.15, -0.1) is 0 Å². The molecule has 116 valence electrons. The largest absolute Gasteiger partial charge is 0.392 e. The molecule has 21 heavy (non-hydrogen) atoms. The van der Waals surface area contributed by atoms with E-state index < -0.39 is 0 Å². The van der Waals surface area contributed by atoms with Crippen molar-refractivity contribution in [2.75, 3.05) is 6.54 Å². The van der Waals surface area contributed by atoms with E-state index in [9.17, 15) is 5.11 Å². The van der Waals surface area contributed by atoms with Gasteiger partial charge in [0.15, 0.2) is 0 Å². The number of fused-ring (bicyclic) bond motifs is 1. The molecular weight excluding hydrogens is 258 g/mol. The van der Waals surface area contributed by atoms with Gasteiger partial charge in [0.05, 0.1) is 6.10 Å². The number of hydrogen-bond acceptors (Lipinski definition) is 2. The Balaban J connectivity index is 1.80. The van der Waals surface area contributed by atoms with Gasteiger partial charge in [0.2, 0.25) is 0 Å². The van der Waals surface area contributed by atoms with E-state index in [4.69, 9.17) is 5.73 Å². The molecule has 0 amide bonds. The fraction of sp³-hybridized carbons (Fsp3) is 0.684. The first-order chi connectivity index (χ1) is 10.2. The van der Waals surface area contributed by atoms with Crippen LogP contribution in [0.1, 0.15) is 56.1 Å². The molecular formula is C19H29NO. The molecule has 3 N–H and O–H groups in total. The van der Waals surface area contributed by atoms with Gasteiger partial charge in [-0.1, -0.05) is 49.9 Å². The van der Waals surface area contributed by atoms with Crippen molar-refractivity contribution in [2.24, 2.45) is 17.1 Å². The maximum atomic E-state index is 11.1. The van der Waals surface area contributed by atoms with Crippen molar-refractivity contribution in [1.82, 2.24) is 0 Å². The Morgan fingerprint density at radius 2 is 1.76 bits per heavy atom. The minimum Gasteiger partial charge on any atom is -0.392 e. The summed E-state index contributed by atoms with van der Waals surface area (Å²) in [7, 11) is 0. The van der Waals surface area contributed by atoms with Crippen LogP contribution in [0.3, 0.4) is 0 Å². The van der Waals surface area contributed by atoms with Gasteiger partial charge in [0, 0.05) is 12.0 Å². The molecule has 0 spiro atoms. The van der Waals surface area contributed by atoms with Crippen molar-refractivity contribution in [3.05, 3.63) is 35.4 Å². The van der Waals surface area contributed by atoms with Crippen LogP contribution in [0.2, 0.25) is 0 Å². The number of nitrogens with two attached hydrogens (primary N) is 1. The number of aliphatic hydroxyl groups is 1. The molecule has 0 bridgehead atoms. The summed E-state index contributed by atoms with van der Waals surface area (Å²) in [5.74, 6) is 0.460. The Morgan fingerprint density at radius 1 is 1.10 bits per heavy atom. The molecule has 0 aromatic heterocycles. The lowest BCUT2D eigenvalue weighted by molar-refractivity contribution is -0.0282. The summed E-state index contributed by atoms with van der Waals surface area (Å²) >= 11 is 0. The highest BCUT2D eigenvalue weighted by molar-refractivity contribution is 5.31. The summed E-state index contributed by atoms with van der Waals surface area (Å²) in [5, 5.41) is 11.1. The zero-order valence-electron chi connectivity index (χ0n) is 13.1. The lowest BCUT2D eigenvalue weighted by Crippen LogP contribution is -2.49. The van der Waals surface area contributed by atoms with E-state index in [-0.39, 0.29) is 11.5 Å². The first kappa shape index (κ1) is 15.1. The molecule has 1 fully saturated rings. The Hall–Kier alpha value is -0.860. The third kappa shape index (κ3) is 3.02. The minimum atomic E-state index is -0.228. The van der Waals surface area contributed by atoms with Crippen LogP contribution in [-0.4, -0.2) is 17.8 Å². The van der Waals surface area contributed by atoms with Crippen molar-refractivity contribution in [1.29, 1.82) is 0 Å². The number of benzene rings is 1. The normalized spacial score (nSPS) is 28.7. The summed E-state index contributed by atoms with van der Waals surface area (Å²) in [6.45, 7) is 0.610. The van der Waals surface area contributed by atoms with Crippen LogP contribution in [-0.2, 0) is 12.8 Å². The van der Waals surface area contributed by atoms with E-state index in [0.29, 0.717) is 12.5 Å². The second kappa shape index (κ2) is 6.50. The summed E-state index contributed by atoms with van der Waals surface area (Å²) in [5.41, 5.74) is 8.95. The molecule has 2 atom stereocenters.